The van der Waals surface area contributed by atoms with Gasteiger partial charge in [-0.3, -0.25) is 15.0 Å². The molecule has 2 aromatic carbocycles. The second-order valence-electron chi connectivity index (χ2n) is 4.50. The summed E-state index contributed by atoms with van der Waals surface area (Å²) >= 11 is 0. The van der Waals surface area contributed by atoms with Crippen molar-refractivity contribution in [2.24, 2.45) is 5.73 Å². The first-order chi connectivity index (χ1) is 10.1. The molecule has 0 saturated heterocycles. The van der Waals surface area contributed by atoms with Crippen molar-refractivity contribution in [1.82, 2.24) is 0 Å². The van der Waals surface area contributed by atoms with Crippen LogP contribution in [0.3, 0.4) is 0 Å². The molecule has 2 N–H and O–H groups in total. The van der Waals surface area contributed by atoms with E-state index in [9.17, 15) is 14.9 Å². The van der Waals surface area contributed by atoms with Crippen molar-refractivity contribution in [2.45, 2.75) is 6.42 Å². The fourth-order valence-electron chi connectivity index (χ4n) is 2.00. The maximum atomic E-state index is 11.5. The van der Waals surface area contributed by atoms with E-state index < -0.39 is 11.0 Å². The van der Waals surface area contributed by atoms with Crippen LogP contribution < -0.4 is 10.6 Å². The van der Waals surface area contributed by atoms with Crippen molar-refractivity contribution >= 4 is 17.4 Å². The zero-order chi connectivity index (χ0) is 15.2. The number of amides is 2. The molecule has 0 saturated carbocycles. The van der Waals surface area contributed by atoms with E-state index in [1.54, 1.807) is 24.3 Å². The number of benzene rings is 2. The maximum absolute atomic E-state index is 11.5. The fraction of sp³-hybridized carbons (Fsp3) is 0.133. The minimum absolute atomic E-state index is 0.0496. The molecule has 0 aliphatic carbocycles. The molecule has 0 atom stereocenters. The van der Waals surface area contributed by atoms with Gasteiger partial charge in [0, 0.05) is 24.4 Å². The number of nitrogens with two attached hydrogens (primary N) is 1. The van der Waals surface area contributed by atoms with E-state index in [1.165, 1.54) is 17.0 Å². The van der Waals surface area contributed by atoms with Crippen LogP contribution in [0.25, 0.3) is 0 Å². The number of primary amides is 1. The van der Waals surface area contributed by atoms with Gasteiger partial charge in [0.1, 0.15) is 0 Å². The quantitative estimate of drug-likeness (QED) is 0.676. The third-order valence-corrected chi connectivity index (χ3v) is 3.11. The van der Waals surface area contributed by atoms with Gasteiger partial charge in [-0.1, -0.05) is 30.3 Å². The van der Waals surface area contributed by atoms with Crippen LogP contribution in [0.1, 0.15) is 5.56 Å². The van der Waals surface area contributed by atoms with Crippen LogP contribution in [0, 0.1) is 10.1 Å². The highest BCUT2D eigenvalue weighted by atomic mass is 16.6. The smallest absolute Gasteiger partial charge is 0.319 e. The Balaban J connectivity index is 2.05. The lowest BCUT2D eigenvalue weighted by Crippen LogP contribution is -2.37. The summed E-state index contributed by atoms with van der Waals surface area (Å²) in [7, 11) is 0. The Morgan fingerprint density at radius 2 is 1.71 bits per heavy atom. The Morgan fingerprint density at radius 3 is 2.24 bits per heavy atom. The summed E-state index contributed by atoms with van der Waals surface area (Å²) < 4.78 is 0. The Hall–Kier alpha value is -2.89. The molecule has 0 bridgehead atoms. The average molecular weight is 285 g/mol. The van der Waals surface area contributed by atoms with Crippen molar-refractivity contribution in [3.05, 3.63) is 70.3 Å². The molecule has 0 aliphatic rings. The van der Waals surface area contributed by atoms with E-state index in [-0.39, 0.29) is 5.69 Å². The first-order valence-electron chi connectivity index (χ1n) is 6.43. The van der Waals surface area contributed by atoms with E-state index in [0.717, 1.165) is 11.3 Å². The molecule has 21 heavy (non-hydrogen) atoms. The van der Waals surface area contributed by atoms with E-state index in [4.69, 9.17) is 5.73 Å². The molecule has 0 radical (unpaired) electrons. The van der Waals surface area contributed by atoms with E-state index in [2.05, 4.69) is 0 Å². The summed E-state index contributed by atoms with van der Waals surface area (Å²) in [6, 6.07) is 14.9. The Morgan fingerprint density at radius 1 is 1.10 bits per heavy atom. The summed E-state index contributed by atoms with van der Waals surface area (Å²) in [5.41, 5.74) is 7.08. The number of hydrogen-bond donors (Lipinski definition) is 1. The summed E-state index contributed by atoms with van der Waals surface area (Å²) in [6.45, 7) is 0.414. The number of urea groups is 1. The van der Waals surface area contributed by atoms with Crippen molar-refractivity contribution in [1.29, 1.82) is 0 Å². The number of rotatable bonds is 5. The number of anilines is 1. The van der Waals surface area contributed by atoms with Crippen molar-refractivity contribution < 1.29 is 9.72 Å². The normalized spacial score (nSPS) is 10.1. The van der Waals surface area contributed by atoms with Gasteiger partial charge in [0.05, 0.1) is 4.92 Å². The highest BCUT2D eigenvalue weighted by Gasteiger charge is 2.12. The SMILES string of the molecule is NC(=O)N(CCc1ccc([N+](=O)[O-])cc1)c1ccccc1. The van der Waals surface area contributed by atoms with Crippen LogP contribution in [0.15, 0.2) is 54.6 Å². The monoisotopic (exact) mass is 285 g/mol. The molecule has 2 aromatic rings. The summed E-state index contributed by atoms with van der Waals surface area (Å²) in [6.07, 6.45) is 0.565. The van der Waals surface area contributed by atoms with Crippen LogP contribution in [-0.4, -0.2) is 17.5 Å². The molecule has 0 fully saturated rings. The van der Waals surface area contributed by atoms with E-state index in [1.807, 2.05) is 18.2 Å². The molecule has 0 aliphatic heterocycles. The molecular formula is C15H15N3O3. The number of non-ortho nitro benzene ring substituents is 1. The molecule has 0 unspecified atom stereocenters. The Bertz CT molecular complexity index is 626. The van der Waals surface area contributed by atoms with Gasteiger partial charge >= 0.3 is 6.03 Å². The Kier molecular flexibility index (Phi) is 4.50. The molecule has 0 aromatic heterocycles. The Labute approximate surface area is 121 Å². The van der Waals surface area contributed by atoms with Gasteiger partial charge in [0.15, 0.2) is 0 Å². The largest absolute Gasteiger partial charge is 0.351 e. The minimum Gasteiger partial charge on any atom is -0.351 e. The number of carbonyl (C=O) groups excluding carboxylic acids is 1. The number of hydrogen-bond acceptors (Lipinski definition) is 3. The molecule has 2 amide bonds. The van der Waals surface area contributed by atoms with Gasteiger partial charge in [0.25, 0.3) is 5.69 Å². The number of para-hydroxylation sites is 1. The third-order valence-electron chi connectivity index (χ3n) is 3.11. The zero-order valence-electron chi connectivity index (χ0n) is 11.3. The van der Waals surface area contributed by atoms with Crippen LogP contribution in [0.5, 0.6) is 0 Å². The summed E-state index contributed by atoms with van der Waals surface area (Å²) in [5, 5.41) is 10.6. The van der Waals surface area contributed by atoms with E-state index >= 15 is 0 Å². The molecule has 6 heteroatoms. The lowest BCUT2D eigenvalue weighted by atomic mass is 10.1. The second kappa shape index (κ2) is 6.51. The van der Waals surface area contributed by atoms with E-state index in [0.29, 0.717) is 13.0 Å². The van der Waals surface area contributed by atoms with Crippen molar-refractivity contribution in [3.8, 4) is 0 Å². The van der Waals surface area contributed by atoms with Gasteiger partial charge in [0.2, 0.25) is 0 Å². The number of nitro groups is 1. The number of nitro benzene ring substituents is 1. The van der Waals surface area contributed by atoms with Gasteiger partial charge in [-0.15, -0.1) is 0 Å². The topological polar surface area (TPSA) is 89.5 Å². The van der Waals surface area contributed by atoms with Crippen LogP contribution in [-0.2, 0) is 6.42 Å². The average Bonchev–Trinajstić information content (AvgIpc) is 2.48. The molecule has 0 spiro atoms. The van der Waals surface area contributed by atoms with Gasteiger partial charge in [-0.05, 0) is 24.1 Å². The maximum Gasteiger partial charge on any atom is 0.319 e. The molecule has 2 rings (SSSR count). The molecule has 0 heterocycles. The van der Waals surface area contributed by atoms with Crippen LogP contribution in [0.4, 0.5) is 16.2 Å². The van der Waals surface area contributed by atoms with Gasteiger partial charge in [-0.25, -0.2) is 4.79 Å². The lowest BCUT2D eigenvalue weighted by molar-refractivity contribution is -0.384. The lowest BCUT2D eigenvalue weighted by Gasteiger charge is -2.20. The zero-order valence-corrected chi connectivity index (χ0v) is 11.3. The van der Waals surface area contributed by atoms with Crippen LogP contribution >= 0.6 is 0 Å². The highest BCUT2D eigenvalue weighted by Crippen LogP contribution is 2.16. The third kappa shape index (κ3) is 3.79. The highest BCUT2D eigenvalue weighted by molar-refractivity contribution is 5.90. The van der Waals surface area contributed by atoms with Crippen LogP contribution in [0.2, 0.25) is 0 Å². The molecule has 6 nitrogen and oxygen atoms in total. The fourth-order valence-corrected chi connectivity index (χ4v) is 2.00. The van der Waals surface area contributed by atoms with Crippen molar-refractivity contribution in [2.75, 3.05) is 11.4 Å². The predicted molar refractivity (Wildman–Crippen MR) is 80.2 cm³/mol. The molecule has 108 valence electrons. The minimum atomic E-state index is -0.525. The second-order valence-corrected chi connectivity index (χ2v) is 4.50. The summed E-state index contributed by atoms with van der Waals surface area (Å²) in [5.74, 6) is 0. The van der Waals surface area contributed by atoms with Crippen molar-refractivity contribution in [3.63, 3.8) is 0 Å². The molecular weight excluding hydrogens is 270 g/mol. The van der Waals surface area contributed by atoms with Gasteiger partial charge < -0.3 is 5.73 Å². The van der Waals surface area contributed by atoms with Gasteiger partial charge in [-0.2, -0.15) is 0 Å². The standard InChI is InChI=1S/C15H15N3O3/c16-15(19)17(13-4-2-1-3-5-13)11-10-12-6-8-14(9-7-12)18(20)21/h1-9H,10-11H2,(H2,16,19). The number of carbonyl (C=O) groups is 1. The first-order valence-corrected chi connectivity index (χ1v) is 6.43. The number of nitrogens with zero attached hydrogens (tertiary/aromatic N) is 2. The predicted octanol–water partition coefficient (Wildman–Crippen LogP) is 2.72. The first kappa shape index (κ1) is 14.5. The summed E-state index contributed by atoms with van der Waals surface area (Å²) in [4.78, 5) is 23.1.